The molecule has 2 aliphatic carbocycles. The number of rotatable bonds is 3. The summed E-state index contributed by atoms with van der Waals surface area (Å²) in [7, 11) is 0. The molecule has 2 saturated carbocycles. The SMILES string of the molecule is O=C1N=C(CC23CCC(CC2)C3)SC1CC(F)(F)F. The van der Waals surface area contributed by atoms with Gasteiger partial charge in [0.05, 0.1) is 11.5 Å². The van der Waals surface area contributed by atoms with E-state index in [1.54, 1.807) is 0 Å². The fourth-order valence-electron chi connectivity index (χ4n) is 3.74. The van der Waals surface area contributed by atoms with Gasteiger partial charge in [0.15, 0.2) is 0 Å². The zero-order valence-corrected chi connectivity index (χ0v) is 11.3. The molecule has 0 N–H and O–H groups in total. The minimum absolute atomic E-state index is 0.240. The molecule has 1 aliphatic heterocycles. The van der Waals surface area contributed by atoms with Crippen LogP contribution in [0.25, 0.3) is 0 Å². The lowest BCUT2D eigenvalue weighted by molar-refractivity contribution is -0.141. The Labute approximate surface area is 114 Å². The van der Waals surface area contributed by atoms with E-state index < -0.39 is 23.8 Å². The molecule has 1 atom stereocenters. The van der Waals surface area contributed by atoms with Gasteiger partial charge < -0.3 is 0 Å². The van der Waals surface area contributed by atoms with E-state index in [0.717, 1.165) is 30.5 Å². The van der Waals surface area contributed by atoms with Gasteiger partial charge in [-0.1, -0.05) is 11.8 Å². The molecule has 2 bridgehead atoms. The fraction of sp³-hybridized carbons (Fsp3) is 0.846. The van der Waals surface area contributed by atoms with Crippen molar-refractivity contribution in [2.24, 2.45) is 16.3 Å². The van der Waals surface area contributed by atoms with Crippen LogP contribution in [0.5, 0.6) is 0 Å². The van der Waals surface area contributed by atoms with Gasteiger partial charge in [-0.25, -0.2) is 4.99 Å². The first-order chi connectivity index (χ1) is 8.85. The van der Waals surface area contributed by atoms with E-state index in [-0.39, 0.29) is 5.41 Å². The molecule has 0 saturated heterocycles. The molecule has 0 radical (unpaired) electrons. The van der Waals surface area contributed by atoms with Crippen molar-refractivity contribution in [3.63, 3.8) is 0 Å². The third kappa shape index (κ3) is 2.83. The Kier molecular flexibility index (Phi) is 3.19. The molecule has 1 amide bonds. The molecule has 2 nitrogen and oxygen atoms in total. The van der Waals surface area contributed by atoms with Crippen LogP contribution >= 0.6 is 11.8 Å². The number of carbonyl (C=O) groups excluding carboxylic acids is 1. The van der Waals surface area contributed by atoms with E-state index in [0.29, 0.717) is 11.5 Å². The van der Waals surface area contributed by atoms with Gasteiger partial charge in [0.2, 0.25) is 0 Å². The third-order valence-corrected chi connectivity index (χ3v) is 5.78. The van der Waals surface area contributed by atoms with Gasteiger partial charge in [-0.2, -0.15) is 13.2 Å². The van der Waals surface area contributed by atoms with Crippen LogP contribution < -0.4 is 0 Å². The van der Waals surface area contributed by atoms with Crippen LogP contribution in [-0.2, 0) is 4.79 Å². The molecule has 0 aromatic carbocycles. The minimum atomic E-state index is -4.29. The van der Waals surface area contributed by atoms with E-state index in [1.165, 1.54) is 19.3 Å². The van der Waals surface area contributed by atoms with E-state index in [1.807, 2.05) is 0 Å². The van der Waals surface area contributed by atoms with Crippen LogP contribution in [0.1, 0.15) is 44.9 Å². The second-order valence-corrected chi connectivity index (χ2v) is 7.37. The molecule has 19 heavy (non-hydrogen) atoms. The van der Waals surface area contributed by atoms with Gasteiger partial charge in [-0.15, -0.1) is 0 Å². The summed E-state index contributed by atoms with van der Waals surface area (Å²) in [6.45, 7) is 0. The molecule has 106 valence electrons. The molecule has 1 heterocycles. The number of hydrogen-bond acceptors (Lipinski definition) is 2. The normalized spacial score (nSPS) is 38.1. The quantitative estimate of drug-likeness (QED) is 0.788. The smallest absolute Gasteiger partial charge is 0.271 e. The number of hydrogen-bond donors (Lipinski definition) is 0. The Balaban J connectivity index is 1.62. The fourth-order valence-corrected chi connectivity index (χ4v) is 5.02. The van der Waals surface area contributed by atoms with Crippen LogP contribution in [0.15, 0.2) is 4.99 Å². The summed E-state index contributed by atoms with van der Waals surface area (Å²) in [5.41, 5.74) is 0.240. The molecule has 3 rings (SSSR count). The predicted octanol–water partition coefficient (Wildman–Crippen LogP) is 3.95. The summed E-state index contributed by atoms with van der Waals surface area (Å²) in [6.07, 6.45) is 1.31. The first kappa shape index (κ1) is 13.5. The topological polar surface area (TPSA) is 29.4 Å². The highest BCUT2D eigenvalue weighted by molar-refractivity contribution is 8.15. The number of halogens is 3. The Morgan fingerprint density at radius 2 is 2.00 bits per heavy atom. The standard InChI is InChI=1S/C13H16F3NOS/c14-13(15,16)6-9-11(18)17-10(19-9)7-12-3-1-8(5-12)2-4-12/h8-9H,1-7H2. The summed E-state index contributed by atoms with van der Waals surface area (Å²) in [5.74, 6) is 0.204. The van der Waals surface area contributed by atoms with Crippen LogP contribution in [0.4, 0.5) is 13.2 Å². The summed E-state index contributed by atoms with van der Waals surface area (Å²) in [6, 6.07) is 0. The Morgan fingerprint density at radius 1 is 1.32 bits per heavy atom. The van der Waals surface area contributed by atoms with E-state index in [2.05, 4.69) is 4.99 Å². The van der Waals surface area contributed by atoms with Crippen molar-refractivity contribution < 1.29 is 18.0 Å². The second-order valence-electron chi connectivity index (χ2n) is 6.09. The first-order valence-corrected chi connectivity index (χ1v) is 7.58. The number of amides is 1. The Bertz CT molecular complexity index is 424. The van der Waals surface area contributed by atoms with Gasteiger partial charge in [-0.05, 0) is 43.4 Å². The van der Waals surface area contributed by atoms with Crippen LogP contribution in [0.2, 0.25) is 0 Å². The highest BCUT2D eigenvalue weighted by Crippen LogP contribution is 2.57. The summed E-state index contributed by atoms with van der Waals surface area (Å²) in [4.78, 5) is 15.4. The third-order valence-electron chi connectivity index (χ3n) is 4.62. The van der Waals surface area contributed by atoms with Crippen LogP contribution in [-0.4, -0.2) is 22.4 Å². The van der Waals surface area contributed by atoms with Gasteiger partial charge in [0.25, 0.3) is 5.91 Å². The van der Waals surface area contributed by atoms with E-state index >= 15 is 0 Å². The minimum Gasteiger partial charge on any atom is -0.271 e. The average molecular weight is 291 g/mol. The molecule has 2 fully saturated rings. The highest BCUT2D eigenvalue weighted by atomic mass is 32.2. The molecule has 6 heteroatoms. The Hall–Kier alpha value is -0.520. The lowest BCUT2D eigenvalue weighted by atomic mass is 9.81. The van der Waals surface area contributed by atoms with Gasteiger partial charge in [0.1, 0.15) is 5.25 Å². The zero-order chi connectivity index (χ0) is 13.7. The molecule has 0 aromatic heterocycles. The van der Waals surface area contributed by atoms with Crippen molar-refractivity contribution in [2.75, 3.05) is 0 Å². The number of fused-ring (bicyclic) bond motifs is 2. The molecular formula is C13H16F3NOS. The van der Waals surface area contributed by atoms with Crippen molar-refractivity contribution >= 4 is 22.7 Å². The van der Waals surface area contributed by atoms with Crippen LogP contribution in [0, 0.1) is 11.3 Å². The molecule has 0 spiro atoms. The molecule has 1 unspecified atom stereocenters. The average Bonchev–Trinajstić information content (AvgIpc) is 2.93. The molecule has 3 aliphatic rings. The van der Waals surface area contributed by atoms with Crippen molar-refractivity contribution in [3.8, 4) is 0 Å². The number of alkyl halides is 3. The van der Waals surface area contributed by atoms with Gasteiger partial charge >= 0.3 is 6.18 Å². The van der Waals surface area contributed by atoms with Gasteiger partial charge in [0, 0.05) is 6.42 Å². The van der Waals surface area contributed by atoms with Crippen molar-refractivity contribution in [1.29, 1.82) is 0 Å². The maximum absolute atomic E-state index is 12.3. The monoisotopic (exact) mass is 291 g/mol. The Morgan fingerprint density at radius 3 is 2.53 bits per heavy atom. The summed E-state index contributed by atoms with van der Waals surface area (Å²) in [5, 5.41) is -0.396. The van der Waals surface area contributed by atoms with E-state index in [9.17, 15) is 18.0 Å². The predicted molar refractivity (Wildman–Crippen MR) is 68.1 cm³/mol. The van der Waals surface area contributed by atoms with Crippen LogP contribution in [0.3, 0.4) is 0 Å². The number of aliphatic imine (C=N–C) groups is 1. The van der Waals surface area contributed by atoms with Crippen molar-refractivity contribution in [2.45, 2.75) is 56.4 Å². The van der Waals surface area contributed by atoms with E-state index in [4.69, 9.17) is 0 Å². The second kappa shape index (κ2) is 4.50. The van der Waals surface area contributed by atoms with Gasteiger partial charge in [-0.3, -0.25) is 4.79 Å². The molecule has 0 aromatic rings. The molecular weight excluding hydrogens is 275 g/mol. The highest BCUT2D eigenvalue weighted by Gasteiger charge is 2.47. The van der Waals surface area contributed by atoms with Crippen molar-refractivity contribution in [1.82, 2.24) is 0 Å². The summed E-state index contributed by atoms with van der Waals surface area (Å²) >= 11 is 1.05. The lowest BCUT2D eigenvalue weighted by Gasteiger charge is -2.26. The maximum Gasteiger partial charge on any atom is 0.390 e. The zero-order valence-electron chi connectivity index (χ0n) is 10.5. The lowest BCUT2D eigenvalue weighted by Crippen LogP contribution is -2.21. The van der Waals surface area contributed by atoms with Crippen molar-refractivity contribution in [3.05, 3.63) is 0 Å². The summed E-state index contributed by atoms with van der Waals surface area (Å²) < 4.78 is 37.0. The number of thioether (sulfide) groups is 1. The number of nitrogens with zero attached hydrogens (tertiary/aromatic N) is 1. The number of carbonyl (C=O) groups is 1. The first-order valence-electron chi connectivity index (χ1n) is 6.70. The maximum atomic E-state index is 12.3. The largest absolute Gasteiger partial charge is 0.390 e.